The number of methoxy groups -OCH3 is 1. The fourth-order valence-electron chi connectivity index (χ4n) is 2.55. The lowest BCUT2D eigenvalue weighted by Gasteiger charge is -2.26. The molecule has 18 heavy (non-hydrogen) atoms. The molecule has 1 aliphatic rings. The van der Waals surface area contributed by atoms with Crippen LogP contribution in [0.3, 0.4) is 0 Å². The normalized spacial score (nSPS) is 23.7. The summed E-state index contributed by atoms with van der Waals surface area (Å²) in [6.07, 6.45) is 5.47. The lowest BCUT2D eigenvalue weighted by Crippen LogP contribution is -2.20. The number of nitrogens with one attached hydrogen (secondary N) is 1. The molecule has 2 rings (SSSR count). The molecule has 1 fully saturated rings. The number of benzene rings is 1. The van der Waals surface area contributed by atoms with Crippen molar-refractivity contribution in [3.05, 3.63) is 22.7 Å². The van der Waals surface area contributed by atoms with Gasteiger partial charge < -0.3 is 10.1 Å². The summed E-state index contributed by atoms with van der Waals surface area (Å²) < 4.78 is 6.36. The summed E-state index contributed by atoms with van der Waals surface area (Å²) >= 11 is 3.58. The Balaban J connectivity index is 1.89. The van der Waals surface area contributed by atoms with Crippen molar-refractivity contribution in [2.45, 2.75) is 32.6 Å². The van der Waals surface area contributed by atoms with Gasteiger partial charge in [-0.05, 0) is 52.7 Å². The molecule has 1 aromatic carbocycles. The first-order valence-electron chi connectivity index (χ1n) is 6.76. The van der Waals surface area contributed by atoms with Crippen molar-refractivity contribution in [1.29, 1.82) is 0 Å². The van der Waals surface area contributed by atoms with E-state index in [4.69, 9.17) is 4.74 Å². The van der Waals surface area contributed by atoms with Gasteiger partial charge in [0.25, 0.3) is 0 Å². The minimum atomic E-state index is 0.819. The summed E-state index contributed by atoms with van der Waals surface area (Å²) in [6, 6.07) is 6.05. The van der Waals surface area contributed by atoms with Gasteiger partial charge in [-0.25, -0.2) is 0 Å². The maximum Gasteiger partial charge on any atom is 0.121 e. The fourth-order valence-corrected chi connectivity index (χ4v) is 2.94. The summed E-state index contributed by atoms with van der Waals surface area (Å²) in [7, 11) is 1.70. The van der Waals surface area contributed by atoms with Crippen LogP contribution in [0, 0.1) is 11.8 Å². The molecule has 0 aliphatic heterocycles. The van der Waals surface area contributed by atoms with Crippen molar-refractivity contribution >= 4 is 21.6 Å². The summed E-state index contributed by atoms with van der Waals surface area (Å²) in [6.45, 7) is 3.43. The highest BCUT2D eigenvalue weighted by atomic mass is 79.9. The standard InChI is InChI=1S/C15H22BrNO/c1-11-3-5-12(6-4-11)10-17-15-9-13(18-2)7-8-14(15)16/h7-9,11-12,17H,3-6,10H2,1-2H3. The van der Waals surface area contributed by atoms with Crippen LogP contribution in [0.1, 0.15) is 32.6 Å². The molecular formula is C15H22BrNO. The summed E-state index contributed by atoms with van der Waals surface area (Å²) in [5.41, 5.74) is 1.13. The number of anilines is 1. The van der Waals surface area contributed by atoms with Gasteiger partial charge in [-0.2, -0.15) is 0 Å². The van der Waals surface area contributed by atoms with Crippen molar-refractivity contribution in [2.75, 3.05) is 19.0 Å². The quantitative estimate of drug-likeness (QED) is 0.870. The van der Waals surface area contributed by atoms with E-state index in [9.17, 15) is 0 Å². The zero-order valence-corrected chi connectivity index (χ0v) is 12.8. The maximum atomic E-state index is 5.25. The van der Waals surface area contributed by atoms with Crippen molar-refractivity contribution < 1.29 is 4.74 Å². The second kappa shape index (κ2) is 6.46. The van der Waals surface area contributed by atoms with Gasteiger partial charge in [0, 0.05) is 17.1 Å². The van der Waals surface area contributed by atoms with E-state index in [1.54, 1.807) is 7.11 Å². The third-order valence-electron chi connectivity index (χ3n) is 3.89. The van der Waals surface area contributed by atoms with E-state index in [0.717, 1.165) is 34.3 Å². The van der Waals surface area contributed by atoms with Crippen molar-refractivity contribution in [3.63, 3.8) is 0 Å². The minimum Gasteiger partial charge on any atom is -0.497 e. The third-order valence-corrected chi connectivity index (χ3v) is 4.58. The second-order valence-corrected chi connectivity index (χ2v) is 6.21. The molecule has 0 heterocycles. The van der Waals surface area contributed by atoms with E-state index in [0.29, 0.717) is 0 Å². The second-order valence-electron chi connectivity index (χ2n) is 5.35. The van der Waals surface area contributed by atoms with Crippen LogP contribution in [0.25, 0.3) is 0 Å². The molecule has 0 unspecified atom stereocenters. The van der Waals surface area contributed by atoms with Gasteiger partial charge in [0.1, 0.15) is 5.75 Å². The van der Waals surface area contributed by atoms with Crippen LogP contribution in [0.5, 0.6) is 5.75 Å². The lowest BCUT2D eigenvalue weighted by atomic mass is 9.83. The molecule has 2 nitrogen and oxygen atoms in total. The van der Waals surface area contributed by atoms with E-state index >= 15 is 0 Å². The molecule has 0 atom stereocenters. The Labute approximate surface area is 118 Å². The largest absolute Gasteiger partial charge is 0.497 e. The van der Waals surface area contributed by atoms with E-state index in [2.05, 4.69) is 34.2 Å². The number of hydrogen-bond donors (Lipinski definition) is 1. The molecule has 1 aromatic rings. The van der Waals surface area contributed by atoms with Crippen molar-refractivity contribution in [3.8, 4) is 5.75 Å². The molecule has 0 bridgehead atoms. The predicted molar refractivity (Wildman–Crippen MR) is 80.3 cm³/mol. The van der Waals surface area contributed by atoms with Gasteiger partial charge in [0.15, 0.2) is 0 Å². The Morgan fingerprint density at radius 2 is 2.00 bits per heavy atom. The molecule has 0 saturated heterocycles. The topological polar surface area (TPSA) is 21.3 Å². The van der Waals surface area contributed by atoms with Gasteiger partial charge in [-0.15, -0.1) is 0 Å². The number of halogens is 1. The van der Waals surface area contributed by atoms with Gasteiger partial charge in [0.2, 0.25) is 0 Å². The molecule has 1 aliphatic carbocycles. The van der Waals surface area contributed by atoms with Crippen molar-refractivity contribution in [1.82, 2.24) is 0 Å². The molecule has 1 saturated carbocycles. The molecule has 100 valence electrons. The fraction of sp³-hybridized carbons (Fsp3) is 0.600. The SMILES string of the molecule is COc1ccc(Br)c(NCC2CCC(C)CC2)c1. The lowest BCUT2D eigenvalue weighted by molar-refractivity contribution is 0.300. The van der Waals surface area contributed by atoms with E-state index in [1.165, 1.54) is 25.7 Å². The predicted octanol–water partition coefficient (Wildman–Crippen LogP) is 4.70. The highest BCUT2D eigenvalue weighted by Crippen LogP contribution is 2.31. The first-order valence-corrected chi connectivity index (χ1v) is 7.55. The number of ether oxygens (including phenoxy) is 1. The van der Waals surface area contributed by atoms with Crippen LogP contribution in [-0.2, 0) is 0 Å². The molecule has 0 aromatic heterocycles. The Kier molecular flexibility index (Phi) is 4.93. The van der Waals surface area contributed by atoms with Crippen molar-refractivity contribution in [2.24, 2.45) is 11.8 Å². The first kappa shape index (κ1) is 13.7. The number of rotatable bonds is 4. The minimum absolute atomic E-state index is 0.819. The maximum absolute atomic E-state index is 5.25. The molecule has 1 N–H and O–H groups in total. The third kappa shape index (κ3) is 3.64. The Morgan fingerprint density at radius 3 is 2.67 bits per heavy atom. The Bertz CT molecular complexity index is 386. The Morgan fingerprint density at radius 1 is 1.28 bits per heavy atom. The average Bonchev–Trinajstić information content (AvgIpc) is 2.40. The van der Waals surface area contributed by atoms with E-state index in [-0.39, 0.29) is 0 Å². The Hall–Kier alpha value is -0.700. The monoisotopic (exact) mass is 311 g/mol. The van der Waals surface area contributed by atoms with Gasteiger partial charge in [-0.3, -0.25) is 0 Å². The zero-order chi connectivity index (χ0) is 13.0. The van der Waals surface area contributed by atoms with Crippen LogP contribution >= 0.6 is 15.9 Å². The van der Waals surface area contributed by atoms with Gasteiger partial charge in [0.05, 0.1) is 12.8 Å². The van der Waals surface area contributed by atoms with Crippen LogP contribution in [0.15, 0.2) is 22.7 Å². The zero-order valence-electron chi connectivity index (χ0n) is 11.2. The van der Waals surface area contributed by atoms with Gasteiger partial charge >= 0.3 is 0 Å². The molecule has 0 radical (unpaired) electrons. The highest BCUT2D eigenvalue weighted by Gasteiger charge is 2.18. The first-order chi connectivity index (χ1) is 8.69. The smallest absolute Gasteiger partial charge is 0.121 e. The molecule has 0 amide bonds. The van der Waals surface area contributed by atoms with Crippen LogP contribution in [0.4, 0.5) is 5.69 Å². The molecular weight excluding hydrogens is 290 g/mol. The average molecular weight is 312 g/mol. The molecule has 3 heteroatoms. The highest BCUT2D eigenvalue weighted by molar-refractivity contribution is 9.10. The summed E-state index contributed by atoms with van der Waals surface area (Å²) in [4.78, 5) is 0. The van der Waals surface area contributed by atoms with Crippen LogP contribution < -0.4 is 10.1 Å². The summed E-state index contributed by atoms with van der Waals surface area (Å²) in [5.74, 6) is 2.64. The van der Waals surface area contributed by atoms with Gasteiger partial charge in [-0.1, -0.05) is 19.8 Å². The van der Waals surface area contributed by atoms with E-state index < -0.39 is 0 Å². The van der Waals surface area contributed by atoms with E-state index in [1.807, 2.05) is 12.1 Å². The van der Waals surface area contributed by atoms with Crippen LogP contribution in [0.2, 0.25) is 0 Å². The number of hydrogen-bond acceptors (Lipinski definition) is 2. The summed E-state index contributed by atoms with van der Waals surface area (Å²) in [5, 5.41) is 3.55. The van der Waals surface area contributed by atoms with Crippen LogP contribution in [-0.4, -0.2) is 13.7 Å². The molecule has 0 spiro atoms.